The van der Waals surface area contributed by atoms with Gasteiger partial charge in [-0.25, -0.2) is 4.39 Å². The van der Waals surface area contributed by atoms with E-state index in [1.54, 1.807) is 0 Å². The van der Waals surface area contributed by atoms with Crippen molar-refractivity contribution >= 4 is 28.9 Å². The summed E-state index contributed by atoms with van der Waals surface area (Å²) in [6.07, 6.45) is 0. The van der Waals surface area contributed by atoms with E-state index in [2.05, 4.69) is 0 Å². The summed E-state index contributed by atoms with van der Waals surface area (Å²) in [5, 5.41) is 9.67. The van der Waals surface area contributed by atoms with Crippen LogP contribution in [0.4, 0.5) is 10.1 Å². The van der Waals surface area contributed by atoms with Gasteiger partial charge < -0.3 is 0 Å². The van der Waals surface area contributed by atoms with Crippen molar-refractivity contribution in [1.82, 2.24) is 0 Å². The molecule has 0 unspecified atom stereocenters. The summed E-state index contributed by atoms with van der Waals surface area (Å²) in [5.74, 6) is -0.699. The summed E-state index contributed by atoms with van der Waals surface area (Å²) in [4.78, 5) is 9.51. The molecular weight excluding hydrogens is 208 g/mol. The lowest BCUT2D eigenvalue weighted by Gasteiger charge is -1.96. The molecule has 3 nitrogen and oxygen atoms in total. The standard InChI is InChI=1S/C6H2Cl2FNO2/c7-4-1-3(9)2-5(8)6(4)10(11)12/h1-2H. The van der Waals surface area contributed by atoms with Crippen molar-refractivity contribution in [2.24, 2.45) is 0 Å². The fourth-order valence-electron chi connectivity index (χ4n) is 0.709. The first kappa shape index (κ1) is 9.22. The highest BCUT2D eigenvalue weighted by Crippen LogP contribution is 2.32. The molecule has 0 amide bonds. The summed E-state index contributed by atoms with van der Waals surface area (Å²) in [6.45, 7) is 0. The van der Waals surface area contributed by atoms with E-state index >= 15 is 0 Å². The lowest BCUT2D eigenvalue weighted by atomic mass is 10.3. The van der Waals surface area contributed by atoms with Crippen LogP contribution in [0.2, 0.25) is 10.0 Å². The number of nitro benzene ring substituents is 1. The van der Waals surface area contributed by atoms with Crippen molar-refractivity contribution in [3.8, 4) is 0 Å². The second-order valence-electron chi connectivity index (χ2n) is 1.98. The Morgan fingerprint density at radius 2 is 1.75 bits per heavy atom. The van der Waals surface area contributed by atoms with Crippen LogP contribution in [0.15, 0.2) is 12.1 Å². The van der Waals surface area contributed by atoms with E-state index < -0.39 is 16.4 Å². The van der Waals surface area contributed by atoms with Gasteiger partial charge in [-0.1, -0.05) is 23.2 Å². The van der Waals surface area contributed by atoms with Crippen molar-refractivity contribution < 1.29 is 9.31 Å². The first-order valence-corrected chi connectivity index (χ1v) is 3.57. The number of rotatable bonds is 1. The predicted octanol–water partition coefficient (Wildman–Crippen LogP) is 3.04. The molecule has 0 atom stereocenters. The van der Waals surface area contributed by atoms with Crippen molar-refractivity contribution in [3.63, 3.8) is 0 Å². The van der Waals surface area contributed by atoms with Crippen molar-refractivity contribution in [2.45, 2.75) is 0 Å². The third-order valence-electron chi connectivity index (χ3n) is 1.16. The molecule has 12 heavy (non-hydrogen) atoms. The molecule has 0 radical (unpaired) electrons. The van der Waals surface area contributed by atoms with Crippen molar-refractivity contribution in [1.29, 1.82) is 0 Å². The van der Waals surface area contributed by atoms with Crippen LogP contribution in [0.1, 0.15) is 0 Å². The van der Waals surface area contributed by atoms with Crippen LogP contribution in [0.3, 0.4) is 0 Å². The van der Waals surface area contributed by atoms with Crippen molar-refractivity contribution in [2.75, 3.05) is 0 Å². The second kappa shape index (κ2) is 3.25. The molecule has 1 aromatic rings. The highest BCUT2D eigenvalue weighted by molar-refractivity contribution is 6.38. The van der Waals surface area contributed by atoms with Gasteiger partial charge in [0.05, 0.1) is 4.92 Å². The molecular formula is C6H2Cl2FNO2. The van der Waals surface area contributed by atoms with Crippen LogP contribution >= 0.6 is 23.2 Å². The van der Waals surface area contributed by atoms with Crippen LogP contribution in [-0.4, -0.2) is 4.92 Å². The lowest BCUT2D eigenvalue weighted by molar-refractivity contribution is -0.384. The first-order valence-electron chi connectivity index (χ1n) is 2.81. The van der Waals surface area contributed by atoms with Gasteiger partial charge in [0.25, 0.3) is 0 Å². The van der Waals surface area contributed by atoms with Gasteiger partial charge in [0.15, 0.2) is 0 Å². The number of hydrogen-bond acceptors (Lipinski definition) is 2. The molecule has 6 heteroatoms. The number of benzene rings is 1. The van der Waals surface area contributed by atoms with E-state index in [-0.39, 0.29) is 10.0 Å². The summed E-state index contributed by atoms with van der Waals surface area (Å²) >= 11 is 10.7. The fraction of sp³-hybridized carbons (Fsp3) is 0. The zero-order valence-corrected chi connectivity index (χ0v) is 7.06. The zero-order chi connectivity index (χ0) is 9.30. The Morgan fingerprint density at radius 1 is 1.33 bits per heavy atom. The van der Waals surface area contributed by atoms with Gasteiger partial charge in [-0.2, -0.15) is 0 Å². The summed E-state index contributed by atoms with van der Waals surface area (Å²) in [6, 6.07) is 1.68. The molecule has 0 aliphatic carbocycles. The van der Waals surface area contributed by atoms with Crippen LogP contribution in [0.25, 0.3) is 0 Å². The van der Waals surface area contributed by atoms with Crippen LogP contribution in [-0.2, 0) is 0 Å². The molecule has 0 spiro atoms. The Kier molecular flexibility index (Phi) is 2.49. The monoisotopic (exact) mass is 209 g/mol. The van der Waals surface area contributed by atoms with E-state index in [4.69, 9.17) is 23.2 Å². The molecule has 0 saturated carbocycles. The molecule has 0 bridgehead atoms. The van der Waals surface area contributed by atoms with Gasteiger partial charge in [-0.15, -0.1) is 0 Å². The summed E-state index contributed by atoms with van der Waals surface area (Å²) in [5.41, 5.74) is -0.472. The molecule has 1 rings (SSSR count). The maximum absolute atomic E-state index is 12.5. The number of hydrogen-bond donors (Lipinski definition) is 0. The first-order chi connectivity index (χ1) is 5.52. The van der Waals surface area contributed by atoms with Gasteiger partial charge in [0.2, 0.25) is 0 Å². The molecule has 0 N–H and O–H groups in total. The van der Waals surface area contributed by atoms with E-state index in [0.29, 0.717) is 0 Å². The zero-order valence-electron chi connectivity index (χ0n) is 5.55. The normalized spacial score (nSPS) is 9.92. The molecule has 0 aliphatic heterocycles. The molecule has 0 fully saturated rings. The molecule has 0 aromatic heterocycles. The fourth-order valence-corrected chi connectivity index (χ4v) is 1.31. The lowest BCUT2D eigenvalue weighted by Crippen LogP contribution is -1.91. The molecule has 0 aliphatic rings. The average Bonchev–Trinajstić information content (AvgIpc) is 1.82. The van der Waals surface area contributed by atoms with Gasteiger partial charge in [0.1, 0.15) is 15.9 Å². The van der Waals surface area contributed by atoms with E-state index in [9.17, 15) is 14.5 Å². The summed E-state index contributed by atoms with van der Waals surface area (Å²) in [7, 11) is 0. The third kappa shape index (κ3) is 1.65. The number of nitrogens with zero attached hydrogens (tertiary/aromatic N) is 1. The second-order valence-corrected chi connectivity index (χ2v) is 2.79. The molecule has 1 aromatic carbocycles. The average molecular weight is 210 g/mol. The Labute approximate surface area is 76.9 Å². The van der Waals surface area contributed by atoms with E-state index in [1.165, 1.54) is 0 Å². The Balaban J connectivity index is 3.38. The van der Waals surface area contributed by atoms with Crippen molar-refractivity contribution in [3.05, 3.63) is 38.1 Å². The number of nitro groups is 1. The Bertz CT molecular complexity index is 319. The van der Waals surface area contributed by atoms with Gasteiger partial charge in [-0.05, 0) is 12.1 Å². The maximum Gasteiger partial charge on any atom is 0.306 e. The van der Waals surface area contributed by atoms with E-state index in [0.717, 1.165) is 12.1 Å². The quantitative estimate of drug-likeness (QED) is 0.528. The minimum Gasteiger partial charge on any atom is -0.258 e. The summed E-state index contributed by atoms with van der Waals surface area (Å²) < 4.78 is 12.5. The molecule has 64 valence electrons. The highest BCUT2D eigenvalue weighted by Gasteiger charge is 2.18. The van der Waals surface area contributed by atoms with Gasteiger partial charge >= 0.3 is 5.69 Å². The molecule has 0 heterocycles. The highest BCUT2D eigenvalue weighted by atomic mass is 35.5. The van der Waals surface area contributed by atoms with Crippen LogP contribution in [0.5, 0.6) is 0 Å². The van der Waals surface area contributed by atoms with E-state index in [1.807, 2.05) is 0 Å². The minimum atomic E-state index is -0.760. The smallest absolute Gasteiger partial charge is 0.258 e. The third-order valence-corrected chi connectivity index (χ3v) is 1.74. The van der Waals surface area contributed by atoms with Gasteiger partial charge in [-0.3, -0.25) is 10.1 Å². The minimum absolute atomic E-state index is 0.301. The molecule has 0 saturated heterocycles. The Morgan fingerprint density at radius 3 is 2.08 bits per heavy atom. The maximum atomic E-state index is 12.5. The predicted molar refractivity (Wildman–Crippen MR) is 43.1 cm³/mol. The van der Waals surface area contributed by atoms with Crippen LogP contribution in [0, 0.1) is 15.9 Å². The van der Waals surface area contributed by atoms with Crippen LogP contribution < -0.4 is 0 Å². The number of halogens is 3. The largest absolute Gasteiger partial charge is 0.306 e. The SMILES string of the molecule is O=[N+]([O-])c1c(Cl)cc(F)cc1Cl. The van der Waals surface area contributed by atoms with Gasteiger partial charge in [0, 0.05) is 0 Å². The topological polar surface area (TPSA) is 43.1 Å². The Hall–Kier alpha value is -0.870.